The number of nitrogens with zero attached hydrogens (tertiary/aromatic N) is 2. The van der Waals surface area contributed by atoms with Crippen LogP contribution >= 0.6 is 11.8 Å². The fourth-order valence-corrected chi connectivity index (χ4v) is 4.44. The van der Waals surface area contributed by atoms with Gasteiger partial charge in [0.15, 0.2) is 0 Å². The number of thioether (sulfide) groups is 1. The molecule has 2 aromatic rings. The lowest BCUT2D eigenvalue weighted by molar-refractivity contribution is 0.503. The number of fused-ring (bicyclic) bond motifs is 1. The minimum atomic E-state index is 0.600. The van der Waals surface area contributed by atoms with Gasteiger partial charge in [0.05, 0.1) is 18.2 Å². The van der Waals surface area contributed by atoms with Crippen molar-refractivity contribution in [3.05, 3.63) is 36.3 Å². The lowest BCUT2D eigenvalue weighted by atomic mass is 10.0. The van der Waals surface area contributed by atoms with Gasteiger partial charge in [0, 0.05) is 29.6 Å². The molecule has 1 fully saturated rings. The predicted octanol–water partition coefficient (Wildman–Crippen LogP) is 3.59. The third-order valence-electron chi connectivity index (χ3n) is 4.32. The van der Waals surface area contributed by atoms with Crippen LogP contribution in [-0.2, 0) is 6.42 Å². The van der Waals surface area contributed by atoms with Gasteiger partial charge in [-0.3, -0.25) is 0 Å². The van der Waals surface area contributed by atoms with Gasteiger partial charge < -0.3 is 9.88 Å². The van der Waals surface area contributed by atoms with Crippen LogP contribution in [0.3, 0.4) is 0 Å². The van der Waals surface area contributed by atoms with E-state index in [0.717, 1.165) is 13.0 Å². The Balaban J connectivity index is 1.76. The van der Waals surface area contributed by atoms with E-state index in [1.54, 1.807) is 0 Å². The number of aromatic nitrogens is 2. The number of hydrogen-bond acceptors (Lipinski definition) is 3. The van der Waals surface area contributed by atoms with Gasteiger partial charge in [-0.15, -0.1) is 0 Å². The number of anilines is 1. The Morgan fingerprint density at radius 1 is 1.35 bits per heavy atom. The summed E-state index contributed by atoms with van der Waals surface area (Å²) in [6.45, 7) is 1.06. The second-order valence-electron chi connectivity index (χ2n) is 5.57. The highest BCUT2D eigenvalue weighted by molar-refractivity contribution is 7.99. The molecule has 1 aromatic carbocycles. The van der Waals surface area contributed by atoms with E-state index in [4.69, 9.17) is 0 Å². The highest BCUT2D eigenvalue weighted by atomic mass is 32.2. The van der Waals surface area contributed by atoms with E-state index in [9.17, 15) is 0 Å². The summed E-state index contributed by atoms with van der Waals surface area (Å²) in [5.74, 6) is 2.52. The van der Waals surface area contributed by atoms with Gasteiger partial charge in [-0.2, -0.15) is 11.8 Å². The zero-order valence-corrected chi connectivity index (χ0v) is 12.3. The smallest absolute Gasteiger partial charge is 0.0953 e. The van der Waals surface area contributed by atoms with Crippen molar-refractivity contribution in [1.82, 2.24) is 9.55 Å². The van der Waals surface area contributed by atoms with Crippen molar-refractivity contribution in [2.75, 3.05) is 23.4 Å². The molecule has 1 unspecified atom stereocenters. The maximum atomic E-state index is 4.43. The van der Waals surface area contributed by atoms with Gasteiger partial charge in [0.2, 0.25) is 0 Å². The van der Waals surface area contributed by atoms with Crippen LogP contribution in [0, 0.1) is 0 Å². The molecular formula is C16H19N3S. The standard InChI is InChI=1S/C16H19N3S/c1-3-12-6-7-18-16(12)14(5-1)15-9-17-11-19(15)13-4-2-8-20-10-13/h1,3,5,9,11,13,18H,2,4,6-8,10H2. The Morgan fingerprint density at radius 2 is 2.35 bits per heavy atom. The SMILES string of the molecule is c1cc2c(c(-c3cncn3C3CCCSC3)c1)NCC2. The maximum Gasteiger partial charge on any atom is 0.0953 e. The molecule has 104 valence electrons. The summed E-state index contributed by atoms with van der Waals surface area (Å²) in [7, 11) is 0. The molecule has 3 heterocycles. The Labute approximate surface area is 123 Å². The van der Waals surface area contributed by atoms with Crippen LogP contribution in [0.15, 0.2) is 30.7 Å². The molecule has 4 rings (SSSR count). The van der Waals surface area contributed by atoms with Crippen LogP contribution in [0.4, 0.5) is 5.69 Å². The van der Waals surface area contributed by atoms with E-state index in [1.165, 1.54) is 46.9 Å². The molecule has 1 atom stereocenters. The molecule has 0 amide bonds. The largest absolute Gasteiger partial charge is 0.384 e. The van der Waals surface area contributed by atoms with Crippen molar-refractivity contribution in [3.8, 4) is 11.3 Å². The Hall–Kier alpha value is -1.42. The molecule has 2 aliphatic heterocycles. The lowest BCUT2D eigenvalue weighted by Gasteiger charge is -2.25. The average Bonchev–Trinajstić information content (AvgIpc) is 3.16. The molecule has 1 aromatic heterocycles. The van der Waals surface area contributed by atoms with Gasteiger partial charge in [-0.1, -0.05) is 18.2 Å². The maximum absolute atomic E-state index is 4.43. The van der Waals surface area contributed by atoms with Crippen molar-refractivity contribution in [2.45, 2.75) is 25.3 Å². The molecule has 4 heteroatoms. The summed E-state index contributed by atoms with van der Waals surface area (Å²) >= 11 is 2.07. The van der Waals surface area contributed by atoms with Crippen molar-refractivity contribution in [3.63, 3.8) is 0 Å². The summed E-state index contributed by atoms with van der Waals surface area (Å²) in [5.41, 5.74) is 5.34. The average molecular weight is 285 g/mol. The molecule has 20 heavy (non-hydrogen) atoms. The first-order valence-electron chi connectivity index (χ1n) is 7.39. The second-order valence-corrected chi connectivity index (χ2v) is 6.72. The molecule has 0 aliphatic carbocycles. The second kappa shape index (κ2) is 5.17. The van der Waals surface area contributed by atoms with Gasteiger partial charge in [-0.25, -0.2) is 4.98 Å². The third-order valence-corrected chi connectivity index (χ3v) is 5.52. The van der Waals surface area contributed by atoms with Crippen LogP contribution in [0.25, 0.3) is 11.3 Å². The molecular weight excluding hydrogens is 266 g/mol. The molecule has 1 saturated heterocycles. The van der Waals surface area contributed by atoms with Gasteiger partial charge >= 0.3 is 0 Å². The minimum absolute atomic E-state index is 0.600. The van der Waals surface area contributed by atoms with Gasteiger partial charge in [-0.05, 0) is 30.6 Å². The van der Waals surface area contributed by atoms with Crippen LogP contribution < -0.4 is 5.32 Å². The third kappa shape index (κ3) is 2.03. The quantitative estimate of drug-likeness (QED) is 0.914. The number of imidazole rings is 1. The molecule has 0 saturated carbocycles. The number of benzene rings is 1. The number of hydrogen-bond donors (Lipinski definition) is 1. The zero-order valence-electron chi connectivity index (χ0n) is 11.5. The van der Waals surface area contributed by atoms with Crippen LogP contribution in [0.2, 0.25) is 0 Å². The summed E-state index contributed by atoms with van der Waals surface area (Å²) in [6.07, 6.45) is 7.77. The Bertz CT molecular complexity index is 614. The van der Waals surface area contributed by atoms with E-state index in [0.29, 0.717) is 6.04 Å². The molecule has 3 nitrogen and oxygen atoms in total. The minimum Gasteiger partial charge on any atom is -0.384 e. The van der Waals surface area contributed by atoms with E-state index >= 15 is 0 Å². The first-order chi connectivity index (χ1) is 9.93. The summed E-state index contributed by atoms with van der Waals surface area (Å²) in [4.78, 5) is 4.43. The van der Waals surface area contributed by atoms with Gasteiger partial charge in [0.25, 0.3) is 0 Å². The van der Waals surface area contributed by atoms with Crippen molar-refractivity contribution in [1.29, 1.82) is 0 Å². The molecule has 0 spiro atoms. The van der Waals surface area contributed by atoms with Gasteiger partial charge in [0.1, 0.15) is 0 Å². The Kier molecular flexibility index (Phi) is 3.19. The lowest BCUT2D eigenvalue weighted by Crippen LogP contribution is -2.16. The van der Waals surface area contributed by atoms with Crippen LogP contribution in [0.5, 0.6) is 0 Å². The normalized spacial score (nSPS) is 21.5. The number of nitrogens with one attached hydrogen (secondary N) is 1. The molecule has 2 aliphatic rings. The monoisotopic (exact) mass is 285 g/mol. The van der Waals surface area contributed by atoms with Crippen molar-refractivity contribution < 1.29 is 0 Å². The van der Waals surface area contributed by atoms with E-state index < -0.39 is 0 Å². The predicted molar refractivity (Wildman–Crippen MR) is 85.5 cm³/mol. The molecule has 0 radical (unpaired) electrons. The number of rotatable bonds is 2. The van der Waals surface area contributed by atoms with Crippen LogP contribution in [0.1, 0.15) is 24.4 Å². The fourth-order valence-electron chi connectivity index (χ4n) is 3.30. The fraction of sp³-hybridized carbons (Fsp3) is 0.438. The highest BCUT2D eigenvalue weighted by Gasteiger charge is 2.21. The highest BCUT2D eigenvalue weighted by Crippen LogP contribution is 2.37. The Morgan fingerprint density at radius 3 is 3.25 bits per heavy atom. The summed E-state index contributed by atoms with van der Waals surface area (Å²) in [6, 6.07) is 7.23. The summed E-state index contributed by atoms with van der Waals surface area (Å²) in [5, 5.41) is 3.54. The van der Waals surface area contributed by atoms with Crippen molar-refractivity contribution >= 4 is 17.4 Å². The topological polar surface area (TPSA) is 29.9 Å². The van der Waals surface area contributed by atoms with Crippen molar-refractivity contribution in [2.24, 2.45) is 0 Å². The first kappa shape index (κ1) is 12.3. The molecule has 1 N–H and O–H groups in total. The first-order valence-corrected chi connectivity index (χ1v) is 8.54. The van der Waals surface area contributed by atoms with E-state index in [-0.39, 0.29) is 0 Å². The molecule has 0 bridgehead atoms. The van der Waals surface area contributed by atoms with Crippen LogP contribution in [-0.4, -0.2) is 27.6 Å². The summed E-state index contributed by atoms with van der Waals surface area (Å²) < 4.78 is 2.39. The zero-order chi connectivity index (χ0) is 13.4. The number of para-hydroxylation sites is 1. The van der Waals surface area contributed by atoms with E-state index in [2.05, 4.69) is 44.8 Å². The van der Waals surface area contributed by atoms with E-state index in [1.807, 2.05) is 12.5 Å².